The van der Waals surface area contributed by atoms with Crippen LogP contribution >= 0.6 is 0 Å². The van der Waals surface area contributed by atoms with Gasteiger partial charge in [-0.3, -0.25) is 4.79 Å². The van der Waals surface area contributed by atoms with Gasteiger partial charge in [-0.1, -0.05) is 13.8 Å². The molecule has 0 saturated carbocycles. The minimum Gasteiger partial charge on any atom is -0.507 e. The van der Waals surface area contributed by atoms with Crippen LogP contribution < -0.4 is 10.2 Å². The first-order chi connectivity index (χ1) is 13.8. The third-order valence-electron chi connectivity index (χ3n) is 4.71. The summed E-state index contributed by atoms with van der Waals surface area (Å²) in [6.07, 6.45) is 0. The molecule has 0 aliphatic rings. The number of phenolic OH excluding ortho intramolecular Hbond substituents is 4. The second-order valence-electron chi connectivity index (χ2n) is 6.53. The zero-order valence-electron chi connectivity index (χ0n) is 16.2. The van der Waals surface area contributed by atoms with Gasteiger partial charge >= 0.3 is 0 Å². The molecule has 29 heavy (non-hydrogen) atoms. The number of likely N-dealkylation sites (N-methyl/N-ethyl adjacent to an activating group) is 1. The first-order valence-corrected chi connectivity index (χ1v) is 9.25. The summed E-state index contributed by atoms with van der Waals surface area (Å²) < 4.78 is 11.4. The lowest BCUT2D eigenvalue weighted by Crippen LogP contribution is -2.27. The molecule has 0 aliphatic heterocycles. The molecule has 0 saturated heterocycles. The number of hydrogen-bond acceptors (Lipinski definition) is 8. The highest BCUT2D eigenvalue weighted by Gasteiger charge is 2.16. The first-order valence-electron chi connectivity index (χ1n) is 9.25. The van der Waals surface area contributed by atoms with Gasteiger partial charge in [-0.15, -0.1) is 0 Å². The Labute approximate surface area is 166 Å². The van der Waals surface area contributed by atoms with Crippen LogP contribution in [0, 0.1) is 0 Å². The molecule has 0 atom stereocenters. The summed E-state index contributed by atoms with van der Waals surface area (Å²) in [5.41, 5.74) is -0.220. The monoisotopic (exact) mass is 401 g/mol. The molecule has 0 radical (unpaired) electrons. The van der Waals surface area contributed by atoms with Crippen molar-refractivity contribution in [3.63, 3.8) is 0 Å². The molecule has 3 rings (SSSR count). The van der Waals surface area contributed by atoms with Crippen molar-refractivity contribution in [3.05, 3.63) is 40.6 Å². The molecule has 1 heterocycles. The van der Waals surface area contributed by atoms with E-state index >= 15 is 0 Å². The number of nitrogens with zero attached hydrogens (tertiary/aromatic N) is 1. The maximum Gasteiger partial charge on any atom is 0.200 e. The van der Waals surface area contributed by atoms with Crippen LogP contribution in [0.1, 0.15) is 13.8 Å². The Bertz CT molecular complexity index is 1060. The van der Waals surface area contributed by atoms with E-state index in [-0.39, 0.29) is 28.0 Å². The van der Waals surface area contributed by atoms with Gasteiger partial charge in [0.05, 0.1) is 0 Å². The van der Waals surface area contributed by atoms with Crippen molar-refractivity contribution in [2.45, 2.75) is 13.8 Å². The zero-order valence-corrected chi connectivity index (χ0v) is 16.2. The van der Waals surface area contributed by atoms with E-state index in [2.05, 4.69) is 18.7 Å². The number of ether oxygens (including phenoxy) is 1. The van der Waals surface area contributed by atoms with Crippen molar-refractivity contribution in [2.75, 3.05) is 26.2 Å². The number of rotatable bonds is 7. The minimum absolute atomic E-state index is 0.00272. The molecule has 8 heteroatoms. The number of phenols is 4. The molecule has 8 nitrogen and oxygen atoms in total. The fourth-order valence-corrected chi connectivity index (χ4v) is 3.05. The number of aromatic hydroxyl groups is 4. The standard InChI is InChI=1S/C21H23NO7/c1-3-22(4-2)5-6-28-13-9-14(23)20-15(24)11-18(29-19(20)10-13)12-7-16(25)21(27)17(26)8-12/h7-11,23,25-27H,3-6H2,1-2H3. The predicted molar refractivity (Wildman–Crippen MR) is 108 cm³/mol. The average molecular weight is 401 g/mol. The van der Waals surface area contributed by atoms with Crippen LogP contribution in [0.15, 0.2) is 39.5 Å². The summed E-state index contributed by atoms with van der Waals surface area (Å²) in [6.45, 7) is 7.01. The van der Waals surface area contributed by atoms with E-state index in [0.717, 1.165) is 31.3 Å². The summed E-state index contributed by atoms with van der Waals surface area (Å²) in [4.78, 5) is 14.7. The summed E-state index contributed by atoms with van der Waals surface area (Å²) in [5.74, 6) is -1.65. The molecule has 0 aliphatic carbocycles. The summed E-state index contributed by atoms with van der Waals surface area (Å²) in [6, 6.07) is 6.31. The van der Waals surface area contributed by atoms with Gasteiger partial charge in [-0.05, 0) is 25.2 Å². The smallest absolute Gasteiger partial charge is 0.200 e. The fraction of sp³-hybridized carbons (Fsp3) is 0.286. The van der Waals surface area contributed by atoms with Gasteiger partial charge in [0.25, 0.3) is 0 Å². The Morgan fingerprint density at radius 1 is 0.931 bits per heavy atom. The first kappa shape index (κ1) is 20.3. The zero-order chi connectivity index (χ0) is 21.1. The lowest BCUT2D eigenvalue weighted by Gasteiger charge is -2.18. The number of fused-ring (bicyclic) bond motifs is 1. The quantitative estimate of drug-likeness (QED) is 0.446. The fourth-order valence-electron chi connectivity index (χ4n) is 3.05. The van der Waals surface area contributed by atoms with E-state index in [1.165, 1.54) is 12.1 Å². The van der Waals surface area contributed by atoms with E-state index in [1.54, 1.807) is 0 Å². The largest absolute Gasteiger partial charge is 0.507 e. The van der Waals surface area contributed by atoms with Crippen molar-refractivity contribution in [1.29, 1.82) is 0 Å². The molecule has 0 unspecified atom stereocenters. The molecule has 0 fully saturated rings. The molecule has 2 aromatic carbocycles. The Kier molecular flexibility index (Phi) is 5.84. The predicted octanol–water partition coefficient (Wildman–Crippen LogP) is 3.00. The molecule has 0 amide bonds. The van der Waals surface area contributed by atoms with Crippen molar-refractivity contribution < 1.29 is 29.6 Å². The third kappa shape index (κ3) is 4.22. The molecule has 154 valence electrons. The van der Waals surface area contributed by atoms with Crippen LogP contribution in [0.25, 0.3) is 22.3 Å². The lowest BCUT2D eigenvalue weighted by atomic mass is 10.1. The van der Waals surface area contributed by atoms with Crippen LogP contribution in [0.4, 0.5) is 0 Å². The van der Waals surface area contributed by atoms with Gasteiger partial charge in [0.2, 0.25) is 0 Å². The van der Waals surface area contributed by atoms with E-state index < -0.39 is 22.7 Å². The Hall–Kier alpha value is -3.39. The third-order valence-corrected chi connectivity index (χ3v) is 4.71. The molecule has 3 aromatic rings. The van der Waals surface area contributed by atoms with Gasteiger partial charge in [0.15, 0.2) is 22.7 Å². The van der Waals surface area contributed by atoms with Crippen LogP contribution in [-0.4, -0.2) is 51.6 Å². The normalized spacial score (nSPS) is 11.3. The van der Waals surface area contributed by atoms with Crippen LogP contribution in [0.5, 0.6) is 28.7 Å². The van der Waals surface area contributed by atoms with E-state index in [4.69, 9.17) is 9.15 Å². The molecular formula is C21H23NO7. The van der Waals surface area contributed by atoms with E-state index in [9.17, 15) is 25.2 Å². The second kappa shape index (κ2) is 8.32. The van der Waals surface area contributed by atoms with Gasteiger partial charge < -0.3 is 34.5 Å². The SMILES string of the molecule is CCN(CC)CCOc1cc(O)c2c(=O)cc(-c3cc(O)c(O)c(O)c3)oc2c1. The topological polar surface area (TPSA) is 124 Å². The van der Waals surface area contributed by atoms with Gasteiger partial charge in [-0.2, -0.15) is 0 Å². The Balaban J connectivity index is 1.98. The Morgan fingerprint density at radius 2 is 1.59 bits per heavy atom. The minimum atomic E-state index is -0.668. The van der Waals surface area contributed by atoms with Crippen molar-refractivity contribution >= 4 is 11.0 Å². The molecule has 0 spiro atoms. The summed E-state index contributed by atoms with van der Waals surface area (Å²) in [5, 5.41) is 39.1. The highest BCUT2D eigenvalue weighted by atomic mass is 16.5. The highest BCUT2D eigenvalue weighted by molar-refractivity contribution is 5.86. The lowest BCUT2D eigenvalue weighted by molar-refractivity contribution is 0.222. The van der Waals surface area contributed by atoms with Gasteiger partial charge in [0, 0.05) is 30.3 Å². The molecule has 4 N–H and O–H groups in total. The van der Waals surface area contributed by atoms with Crippen molar-refractivity contribution in [3.8, 4) is 40.1 Å². The molecule has 1 aromatic heterocycles. The summed E-state index contributed by atoms with van der Waals surface area (Å²) >= 11 is 0. The van der Waals surface area contributed by atoms with Gasteiger partial charge in [-0.25, -0.2) is 0 Å². The average Bonchev–Trinajstić information content (AvgIpc) is 2.68. The second-order valence-corrected chi connectivity index (χ2v) is 6.53. The Morgan fingerprint density at radius 3 is 2.21 bits per heavy atom. The van der Waals surface area contributed by atoms with Crippen LogP contribution in [0.3, 0.4) is 0 Å². The van der Waals surface area contributed by atoms with Crippen molar-refractivity contribution in [1.82, 2.24) is 4.90 Å². The maximum absolute atomic E-state index is 12.5. The highest BCUT2D eigenvalue weighted by Crippen LogP contribution is 2.39. The summed E-state index contributed by atoms with van der Waals surface area (Å²) in [7, 11) is 0. The van der Waals surface area contributed by atoms with Gasteiger partial charge in [0.1, 0.15) is 34.8 Å². The molecule has 0 bridgehead atoms. The maximum atomic E-state index is 12.5. The van der Waals surface area contributed by atoms with E-state index in [1.807, 2.05) is 0 Å². The van der Waals surface area contributed by atoms with Crippen LogP contribution in [0.2, 0.25) is 0 Å². The number of benzene rings is 2. The van der Waals surface area contributed by atoms with Crippen molar-refractivity contribution in [2.24, 2.45) is 0 Å². The molecular weight excluding hydrogens is 378 g/mol. The number of hydrogen-bond donors (Lipinski definition) is 4. The van der Waals surface area contributed by atoms with E-state index in [0.29, 0.717) is 18.9 Å². The van der Waals surface area contributed by atoms with Crippen LogP contribution in [-0.2, 0) is 0 Å².